The molecule has 30 heavy (non-hydrogen) atoms. The highest BCUT2D eigenvalue weighted by molar-refractivity contribution is 6.30. The van der Waals surface area contributed by atoms with Gasteiger partial charge in [-0.2, -0.15) is 10.2 Å². The molecule has 0 radical (unpaired) electrons. The number of nitrogens with zero attached hydrogens (tertiary/aromatic N) is 3. The van der Waals surface area contributed by atoms with Crippen LogP contribution in [0.15, 0.2) is 54.6 Å². The molecule has 152 valence electrons. The van der Waals surface area contributed by atoms with Crippen molar-refractivity contribution in [2.75, 3.05) is 5.32 Å². The minimum absolute atomic E-state index is 0.255. The van der Waals surface area contributed by atoms with Crippen LogP contribution < -0.4 is 5.32 Å². The van der Waals surface area contributed by atoms with Crippen molar-refractivity contribution in [1.82, 2.24) is 20.0 Å². The smallest absolute Gasteiger partial charge is 0.273 e. The number of H-pyrrole nitrogens is 1. The second-order valence-corrected chi connectivity index (χ2v) is 7.76. The van der Waals surface area contributed by atoms with Crippen molar-refractivity contribution in [3.63, 3.8) is 0 Å². The Bertz CT molecular complexity index is 1210. The molecule has 2 aromatic carbocycles. The first-order valence-corrected chi connectivity index (χ1v) is 10.0. The van der Waals surface area contributed by atoms with Crippen LogP contribution in [0, 0.1) is 20.8 Å². The summed E-state index contributed by atoms with van der Waals surface area (Å²) in [5.41, 5.74) is 6.62. The average Bonchev–Trinajstić information content (AvgIpc) is 3.30. The molecule has 0 saturated carbocycles. The first kappa shape index (κ1) is 19.9. The third kappa shape index (κ3) is 4.14. The second-order valence-electron chi connectivity index (χ2n) is 7.32. The van der Waals surface area contributed by atoms with E-state index < -0.39 is 0 Å². The number of amides is 1. The maximum atomic E-state index is 12.8. The fraction of sp³-hybridized carbons (Fsp3) is 0.174. The molecule has 0 bridgehead atoms. The molecule has 4 aromatic rings. The lowest BCUT2D eigenvalue weighted by molar-refractivity contribution is 0.102. The Hall–Kier alpha value is -3.38. The highest BCUT2D eigenvalue weighted by Gasteiger charge is 2.17. The molecule has 2 N–H and O–H groups in total. The van der Waals surface area contributed by atoms with Crippen molar-refractivity contribution >= 4 is 23.2 Å². The third-order valence-corrected chi connectivity index (χ3v) is 5.25. The number of carbonyl (C=O) groups is 1. The zero-order valence-electron chi connectivity index (χ0n) is 17.0. The lowest BCUT2D eigenvalue weighted by Gasteiger charge is -2.07. The summed E-state index contributed by atoms with van der Waals surface area (Å²) >= 11 is 6.08. The zero-order valence-corrected chi connectivity index (χ0v) is 17.8. The van der Waals surface area contributed by atoms with Gasteiger partial charge in [0.2, 0.25) is 0 Å². The lowest BCUT2D eigenvalue weighted by atomic mass is 10.1. The van der Waals surface area contributed by atoms with E-state index in [1.165, 1.54) is 5.56 Å². The first-order chi connectivity index (χ1) is 14.4. The summed E-state index contributed by atoms with van der Waals surface area (Å²) in [5, 5.41) is 15.3. The van der Waals surface area contributed by atoms with Crippen LogP contribution in [0.2, 0.25) is 5.02 Å². The number of aryl methyl sites for hydroxylation is 2. The minimum atomic E-state index is -0.255. The zero-order chi connectivity index (χ0) is 21.3. The Kier molecular flexibility index (Phi) is 5.42. The molecule has 0 unspecified atom stereocenters. The van der Waals surface area contributed by atoms with Gasteiger partial charge in [0.1, 0.15) is 5.69 Å². The number of hydrogen-bond donors (Lipinski definition) is 2. The van der Waals surface area contributed by atoms with Crippen molar-refractivity contribution in [2.45, 2.75) is 27.3 Å². The second kappa shape index (κ2) is 8.16. The topological polar surface area (TPSA) is 75.6 Å². The molecule has 0 fully saturated rings. The van der Waals surface area contributed by atoms with Crippen LogP contribution in [0.4, 0.5) is 5.69 Å². The number of carbonyl (C=O) groups excluding carboxylic acids is 1. The van der Waals surface area contributed by atoms with Gasteiger partial charge in [0.25, 0.3) is 5.91 Å². The summed E-state index contributed by atoms with van der Waals surface area (Å²) in [6.45, 7) is 6.42. The largest absolute Gasteiger partial charge is 0.318 e. The normalized spacial score (nSPS) is 10.9. The Morgan fingerprint density at radius 2 is 1.87 bits per heavy atom. The molecular formula is C23H22ClN5O. The summed E-state index contributed by atoms with van der Waals surface area (Å²) in [6, 6.07) is 17.4. The maximum absolute atomic E-state index is 12.8. The Labute approximate surface area is 179 Å². The minimum Gasteiger partial charge on any atom is -0.318 e. The van der Waals surface area contributed by atoms with Crippen molar-refractivity contribution in [3.05, 3.63) is 87.8 Å². The van der Waals surface area contributed by atoms with Crippen LogP contribution in [0.25, 0.3) is 11.3 Å². The molecule has 0 saturated heterocycles. The average molecular weight is 420 g/mol. The molecule has 6 nitrogen and oxygen atoms in total. The van der Waals surface area contributed by atoms with Gasteiger partial charge in [0, 0.05) is 10.6 Å². The standard InChI is InChI=1S/C23H22ClN5O/c1-14-7-9-18(10-8-14)20-12-21(27-26-20)23(30)25-22-15(2)28-29(16(22)3)13-17-5-4-6-19(24)11-17/h4-12H,13H2,1-3H3,(H,25,30)(H,26,27). The van der Waals surface area contributed by atoms with Gasteiger partial charge < -0.3 is 5.32 Å². The predicted molar refractivity (Wildman–Crippen MR) is 119 cm³/mol. The summed E-state index contributed by atoms with van der Waals surface area (Å²) in [5.74, 6) is -0.255. The fourth-order valence-electron chi connectivity index (χ4n) is 3.33. The van der Waals surface area contributed by atoms with Gasteiger partial charge in [-0.05, 0) is 44.5 Å². The summed E-state index contributed by atoms with van der Waals surface area (Å²) in [4.78, 5) is 12.8. The summed E-state index contributed by atoms with van der Waals surface area (Å²) in [7, 11) is 0. The molecule has 7 heteroatoms. The van der Waals surface area contributed by atoms with Gasteiger partial charge in [-0.15, -0.1) is 0 Å². The van der Waals surface area contributed by atoms with Gasteiger partial charge in [-0.3, -0.25) is 14.6 Å². The lowest BCUT2D eigenvalue weighted by Crippen LogP contribution is -2.14. The van der Waals surface area contributed by atoms with Crippen LogP contribution in [0.5, 0.6) is 0 Å². The van der Waals surface area contributed by atoms with E-state index in [-0.39, 0.29) is 5.91 Å². The number of benzene rings is 2. The number of aromatic amines is 1. The molecule has 0 aliphatic heterocycles. The van der Waals surface area contributed by atoms with E-state index in [9.17, 15) is 4.79 Å². The maximum Gasteiger partial charge on any atom is 0.273 e. The number of anilines is 1. The quantitative estimate of drug-likeness (QED) is 0.469. The van der Waals surface area contributed by atoms with Crippen LogP contribution >= 0.6 is 11.6 Å². The van der Waals surface area contributed by atoms with E-state index in [4.69, 9.17) is 11.6 Å². The number of halogens is 1. The van der Waals surface area contributed by atoms with Crippen LogP contribution in [0.1, 0.15) is 33.0 Å². The predicted octanol–water partition coefficient (Wildman–Crippen LogP) is 5.15. The number of aromatic nitrogens is 4. The molecule has 2 heterocycles. The SMILES string of the molecule is Cc1ccc(-c2cc(C(=O)Nc3c(C)nn(Cc4cccc(Cl)c4)c3C)[nH]n2)cc1. The first-order valence-electron chi connectivity index (χ1n) is 9.63. The van der Waals surface area contributed by atoms with E-state index in [0.717, 1.165) is 28.2 Å². The number of rotatable bonds is 5. The van der Waals surface area contributed by atoms with Gasteiger partial charge in [-0.25, -0.2) is 0 Å². The Balaban J connectivity index is 1.52. The van der Waals surface area contributed by atoms with E-state index in [1.807, 2.05) is 74.0 Å². The van der Waals surface area contributed by atoms with E-state index in [0.29, 0.717) is 22.9 Å². The number of hydrogen-bond acceptors (Lipinski definition) is 3. The fourth-order valence-corrected chi connectivity index (χ4v) is 3.54. The van der Waals surface area contributed by atoms with Gasteiger partial charge >= 0.3 is 0 Å². The highest BCUT2D eigenvalue weighted by Crippen LogP contribution is 2.23. The Morgan fingerprint density at radius 1 is 1.10 bits per heavy atom. The van der Waals surface area contributed by atoms with E-state index >= 15 is 0 Å². The molecule has 0 aliphatic carbocycles. The van der Waals surface area contributed by atoms with Gasteiger partial charge in [0.15, 0.2) is 0 Å². The third-order valence-electron chi connectivity index (χ3n) is 5.01. The molecule has 0 spiro atoms. The molecule has 0 atom stereocenters. The van der Waals surface area contributed by atoms with Crippen molar-refractivity contribution < 1.29 is 4.79 Å². The number of nitrogens with one attached hydrogen (secondary N) is 2. The van der Waals surface area contributed by atoms with Crippen LogP contribution in [0.3, 0.4) is 0 Å². The van der Waals surface area contributed by atoms with Crippen molar-refractivity contribution in [3.8, 4) is 11.3 Å². The van der Waals surface area contributed by atoms with E-state index in [1.54, 1.807) is 6.07 Å². The molecule has 4 rings (SSSR count). The van der Waals surface area contributed by atoms with Crippen LogP contribution in [-0.4, -0.2) is 25.9 Å². The van der Waals surface area contributed by atoms with E-state index in [2.05, 4.69) is 20.6 Å². The molecular weight excluding hydrogens is 398 g/mol. The summed E-state index contributed by atoms with van der Waals surface area (Å²) in [6.07, 6.45) is 0. The monoisotopic (exact) mass is 419 g/mol. The Morgan fingerprint density at radius 3 is 2.60 bits per heavy atom. The molecule has 0 aliphatic rings. The van der Waals surface area contributed by atoms with Crippen molar-refractivity contribution in [2.24, 2.45) is 0 Å². The summed E-state index contributed by atoms with van der Waals surface area (Å²) < 4.78 is 1.86. The van der Waals surface area contributed by atoms with Crippen LogP contribution in [-0.2, 0) is 6.54 Å². The molecule has 1 amide bonds. The van der Waals surface area contributed by atoms with Crippen molar-refractivity contribution in [1.29, 1.82) is 0 Å². The van der Waals surface area contributed by atoms with Gasteiger partial charge in [0.05, 0.1) is 29.3 Å². The highest BCUT2D eigenvalue weighted by atomic mass is 35.5. The molecule has 2 aromatic heterocycles. The van der Waals surface area contributed by atoms with Gasteiger partial charge in [-0.1, -0.05) is 53.6 Å².